The van der Waals surface area contributed by atoms with Crippen molar-refractivity contribution in [2.45, 2.75) is 51.3 Å². The Morgan fingerprint density at radius 2 is 1.80 bits per heavy atom. The van der Waals surface area contributed by atoms with Gasteiger partial charge in [0.15, 0.2) is 5.58 Å². The van der Waals surface area contributed by atoms with Crippen LogP contribution in [-0.2, 0) is 28.5 Å². The van der Waals surface area contributed by atoms with Gasteiger partial charge >= 0.3 is 11.8 Å². The van der Waals surface area contributed by atoms with Crippen molar-refractivity contribution in [1.29, 1.82) is 5.26 Å². The number of carbonyl (C=O) groups excluding carboxylic acids is 2. The standard InChI is InChI=1S/C30H31N5O5/c1-29(2,3)40-27(37)34-30(4,22-7-6-14-32-18-22)26(36)33-23(17-31)15-19-8-10-20(11-9-19)21-12-13-25-24(16-21)35(5)28(38)39-25/h6-14,16,18,23H,15H2,1-5H3,(H,33,36)(H,34,37)/t23-,30?/m0/s1. The Morgan fingerprint density at radius 3 is 2.42 bits per heavy atom. The number of oxazole rings is 1. The molecule has 4 aromatic rings. The third-order valence-corrected chi connectivity index (χ3v) is 6.42. The van der Waals surface area contributed by atoms with Crippen LogP contribution in [0, 0.1) is 11.3 Å². The van der Waals surface area contributed by atoms with Crippen LogP contribution in [0.4, 0.5) is 4.79 Å². The van der Waals surface area contributed by atoms with Crippen molar-refractivity contribution in [3.05, 3.63) is 88.7 Å². The van der Waals surface area contributed by atoms with Crippen molar-refractivity contribution >= 4 is 23.1 Å². The molecule has 2 atom stereocenters. The highest BCUT2D eigenvalue weighted by molar-refractivity contribution is 5.91. The van der Waals surface area contributed by atoms with E-state index in [0.717, 1.165) is 16.7 Å². The Labute approximate surface area is 231 Å². The molecule has 2 amide bonds. The van der Waals surface area contributed by atoms with Gasteiger partial charge in [-0.05, 0) is 62.6 Å². The van der Waals surface area contributed by atoms with Crippen molar-refractivity contribution in [2.24, 2.45) is 7.05 Å². The normalized spacial score (nSPS) is 13.6. The Bertz CT molecular complexity index is 1630. The fraction of sp³-hybridized carbons (Fsp3) is 0.300. The maximum absolute atomic E-state index is 13.5. The van der Waals surface area contributed by atoms with Crippen LogP contribution in [0.15, 0.2) is 76.2 Å². The van der Waals surface area contributed by atoms with Crippen LogP contribution in [0.2, 0.25) is 0 Å². The zero-order valence-electron chi connectivity index (χ0n) is 23.0. The third-order valence-electron chi connectivity index (χ3n) is 6.42. The highest BCUT2D eigenvalue weighted by Crippen LogP contribution is 2.25. The number of alkyl carbamates (subject to hydrolysis) is 1. The molecule has 1 unspecified atom stereocenters. The Morgan fingerprint density at radius 1 is 1.10 bits per heavy atom. The van der Waals surface area contributed by atoms with Gasteiger partial charge < -0.3 is 19.8 Å². The van der Waals surface area contributed by atoms with Gasteiger partial charge in [0, 0.05) is 31.4 Å². The first-order valence-corrected chi connectivity index (χ1v) is 12.7. The van der Waals surface area contributed by atoms with Crippen molar-refractivity contribution in [1.82, 2.24) is 20.2 Å². The van der Waals surface area contributed by atoms with Crippen LogP contribution in [0.3, 0.4) is 0 Å². The number of hydrogen-bond donors (Lipinski definition) is 2. The van der Waals surface area contributed by atoms with Crippen molar-refractivity contribution in [3.8, 4) is 17.2 Å². The average molecular weight is 542 g/mol. The summed E-state index contributed by atoms with van der Waals surface area (Å²) in [6.07, 6.45) is 2.51. The number of nitriles is 1. The number of fused-ring (bicyclic) bond motifs is 1. The molecule has 0 fully saturated rings. The highest BCUT2D eigenvalue weighted by Gasteiger charge is 2.39. The lowest BCUT2D eigenvalue weighted by molar-refractivity contribution is -0.127. The van der Waals surface area contributed by atoms with Crippen LogP contribution in [0.5, 0.6) is 0 Å². The average Bonchev–Trinajstić information content (AvgIpc) is 3.20. The maximum Gasteiger partial charge on any atom is 0.419 e. The summed E-state index contributed by atoms with van der Waals surface area (Å²) in [5.74, 6) is -0.999. The molecule has 10 nitrogen and oxygen atoms in total. The fourth-order valence-electron chi connectivity index (χ4n) is 4.23. The van der Waals surface area contributed by atoms with Gasteiger partial charge in [0.1, 0.15) is 17.2 Å². The molecule has 0 saturated heterocycles. The summed E-state index contributed by atoms with van der Waals surface area (Å²) in [4.78, 5) is 42.0. The zero-order valence-corrected chi connectivity index (χ0v) is 23.0. The lowest BCUT2D eigenvalue weighted by Gasteiger charge is -2.32. The van der Waals surface area contributed by atoms with Crippen LogP contribution < -0.4 is 16.4 Å². The maximum atomic E-state index is 13.5. The van der Waals surface area contributed by atoms with Gasteiger partial charge in [0.25, 0.3) is 5.91 Å². The van der Waals surface area contributed by atoms with Gasteiger partial charge in [-0.3, -0.25) is 14.3 Å². The van der Waals surface area contributed by atoms with Crippen LogP contribution in [0.25, 0.3) is 22.2 Å². The number of aromatic nitrogens is 2. The second kappa shape index (κ2) is 11.1. The summed E-state index contributed by atoms with van der Waals surface area (Å²) in [6, 6.07) is 17.7. The molecule has 0 aliphatic carbocycles. The second-order valence-electron chi connectivity index (χ2n) is 10.7. The first-order valence-electron chi connectivity index (χ1n) is 12.7. The molecule has 40 heavy (non-hydrogen) atoms. The summed E-state index contributed by atoms with van der Waals surface area (Å²) in [5, 5.41) is 15.3. The van der Waals surface area contributed by atoms with Crippen molar-refractivity contribution in [2.75, 3.05) is 0 Å². The van der Waals surface area contributed by atoms with Gasteiger partial charge in [-0.15, -0.1) is 0 Å². The molecule has 2 aromatic carbocycles. The number of aryl methyl sites for hydroxylation is 1. The molecular formula is C30H31N5O5. The number of carbonyl (C=O) groups is 2. The Balaban J connectivity index is 1.50. The lowest BCUT2D eigenvalue weighted by atomic mass is 9.91. The molecule has 10 heteroatoms. The lowest BCUT2D eigenvalue weighted by Crippen LogP contribution is -2.57. The van der Waals surface area contributed by atoms with Crippen LogP contribution in [-0.4, -0.2) is 33.2 Å². The summed E-state index contributed by atoms with van der Waals surface area (Å²) in [6.45, 7) is 6.72. The van der Waals surface area contributed by atoms with Crippen LogP contribution in [0.1, 0.15) is 38.8 Å². The van der Waals surface area contributed by atoms with E-state index in [2.05, 4.69) is 21.7 Å². The summed E-state index contributed by atoms with van der Waals surface area (Å²) >= 11 is 0. The molecule has 2 heterocycles. The van der Waals surface area contributed by atoms with Crippen molar-refractivity contribution in [3.63, 3.8) is 0 Å². The first-order chi connectivity index (χ1) is 18.9. The summed E-state index contributed by atoms with van der Waals surface area (Å²) in [7, 11) is 1.65. The van der Waals surface area contributed by atoms with E-state index in [1.165, 1.54) is 10.8 Å². The first kappa shape index (κ1) is 28.1. The number of pyridine rings is 1. The minimum atomic E-state index is -1.54. The SMILES string of the molecule is Cn1c(=O)oc2ccc(-c3ccc(C[C@@H](C#N)NC(=O)C(C)(NC(=O)OC(C)(C)C)c4cccnc4)cc3)cc21. The molecular weight excluding hydrogens is 510 g/mol. The number of ether oxygens (including phenoxy) is 1. The van der Waals surface area contributed by atoms with Gasteiger partial charge in [0.05, 0.1) is 11.6 Å². The predicted molar refractivity (Wildman–Crippen MR) is 149 cm³/mol. The molecule has 0 spiro atoms. The summed E-state index contributed by atoms with van der Waals surface area (Å²) in [5.41, 5.74) is 1.99. The molecule has 0 saturated carbocycles. The highest BCUT2D eigenvalue weighted by atomic mass is 16.6. The van der Waals surface area contributed by atoms with E-state index in [1.54, 1.807) is 59.1 Å². The number of amides is 2. The topological polar surface area (TPSA) is 139 Å². The van der Waals surface area contributed by atoms with E-state index in [1.807, 2.05) is 36.4 Å². The molecule has 4 rings (SSSR count). The Kier molecular flexibility index (Phi) is 7.77. The monoisotopic (exact) mass is 541 g/mol. The molecule has 0 bridgehead atoms. The second-order valence-corrected chi connectivity index (χ2v) is 10.7. The van der Waals surface area contributed by atoms with Gasteiger partial charge in [-0.25, -0.2) is 9.59 Å². The fourth-order valence-corrected chi connectivity index (χ4v) is 4.23. The minimum absolute atomic E-state index is 0.243. The third kappa shape index (κ3) is 6.21. The van der Waals surface area contributed by atoms with E-state index in [9.17, 15) is 19.6 Å². The molecule has 0 radical (unpaired) electrons. The van der Waals surface area contributed by atoms with E-state index < -0.39 is 34.9 Å². The minimum Gasteiger partial charge on any atom is -0.444 e. The van der Waals surface area contributed by atoms with E-state index in [-0.39, 0.29) is 6.42 Å². The van der Waals surface area contributed by atoms with E-state index in [0.29, 0.717) is 16.7 Å². The predicted octanol–water partition coefficient (Wildman–Crippen LogP) is 4.18. The molecule has 0 aliphatic heterocycles. The van der Waals surface area contributed by atoms with Crippen molar-refractivity contribution < 1.29 is 18.7 Å². The molecule has 2 N–H and O–H groups in total. The van der Waals surface area contributed by atoms with Crippen LogP contribution >= 0.6 is 0 Å². The summed E-state index contributed by atoms with van der Waals surface area (Å²) < 4.78 is 12.0. The molecule has 206 valence electrons. The number of benzene rings is 2. The van der Waals surface area contributed by atoms with Gasteiger partial charge in [0.2, 0.25) is 0 Å². The number of nitrogens with one attached hydrogen (secondary N) is 2. The molecule has 0 aliphatic rings. The quantitative estimate of drug-likeness (QED) is 0.358. The smallest absolute Gasteiger partial charge is 0.419 e. The number of nitrogens with zero attached hydrogens (tertiary/aromatic N) is 3. The largest absolute Gasteiger partial charge is 0.444 e. The number of hydrogen-bond acceptors (Lipinski definition) is 7. The van der Waals surface area contributed by atoms with E-state index in [4.69, 9.17) is 9.15 Å². The van der Waals surface area contributed by atoms with Gasteiger partial charge in [-0.1, -0.05) is 36.4 Å². The molecule has 2 aromatic heterocycles. The van der Waals surface area contributed by atoms with Gasteiger partial charge in [-0.2, -0.15) is 5.26 Å². The zero-order chi connectivity index (χ0) is 29.1. The Hall–Kier alpha value is -4.91. The van der Waals surface area contributed by atoms with E-state index >= 15 is 0 Å². The number of rotatable bonds is 7.